The molecule has 0 saturated carbocycles. The van der Waals surface area contributed by atoms with Crippen molar-refractivity contribution in [2.24, 2.45) is 0 Å². The fourth-order valence-electron chi connectivity index (χ4n) is 2.59. The minimum atomic E-state index is -0.115. The van der Waals surface area contributed by atoms with Gasteiger partial charge in [-0.3, -0.25) is 5.41 Å². The number of ether oxygens (including phenoxy) is 3. The molecule has 2 heterocycles. The van der Waals surface area contributed by atoms with Gasteiger partial charge in [0.15, 0.2) is 0 Å². The van der Waals surface area contributed by atoms with Gasteiger partial charge in [0.1, 0.15) is 18.5 Å². The Morgan fingerprint density at radius 1 is 1.45 bits per heavy atom. The van der Waals surface area contributed by atoms with E-state index >= 15 is 0 Å². The minimum absolute atomic E-state index is 0.0811. The van der Waals surface area contributed by atoms with E-state index in [0.717, 1.165) is 29.8 Å². The second-order valence-corrected chi connectivity index (χ2v) is 5.32. The number of fused-ring (bicyclic) bond motifs is 1. The summed E-state index contributed by atoms with van der Waals surface area (Å²) >= 11 is 0. The highest BCUT2D eigenvalue weighted by molar-refractivity contribution is 5.93. The Morgan fingerprint density at radius 3 is 3.18 bits per heavy atom. The minimum Gasteiger partial charge on any atom is -0.508 e. The number of phenols is 1. The maximum atomic E-state index is 9.55. The predicted octanol–water partition coefficient (Wildman–Crippen LogP) is 1.29. The summed E-state index contributed by atoms with van der Waals surface area (Å²) in [7, 11) is 0. The molecule has 6 nitrogen and oxygen atoms in total. The molecule has 3 rings (SSSR count). The lowest BCUT2D eigenvalue weighted by Crippen LogP contribution is -2.33. The third-order valence-corrected chi connectivity index (χ3v) is 3.67. The van der Waals surface area contributed by atoms with Crippen LogP contribution < -0.4 is 5.32 Å². The molecule has 1 unspecified atom stereocenters. The maximum absolute atomic E-state index is 9.55. The van der Waals surface area contributed by atoms with Crippen molar-refractivity contribution in [2.75, 3.05) is 33.0 Å². The van der Waals surface area contributed by atoms with Crippen LogP contribution in [0, 0.1) is 5.41 Å². The Hall–Kier alpha value is -2.05. The molecule has 1 saturated heterocycles. The van der Waals surface area contributed by atoms with Crippen molar-refractivity contribution in [3.05, 3.63) is 35.4 Å². The molecule has 0 amide bonds. The molecule has 0 aromatic heterocycles. The number of aromatic hydroxyl groups is 1. The SMILES string of the molecule is N=C(/C=C1\NCCc2cc(O)ccc21)OCC1COCCO1. The van der Waals surface area contributed by atoms with Gasteiger partial charge in [0.25, 0.3) is 0 Å². The van der Waals surface area contributed by atoms with E-state index in [1.807, 2.05) is 6.07 Å². The van der Waals surface area contributed by atoms with Crippen molar-refractivity contribution in [3.8, 4) is 5.75 Å². The summed E-state index contributed by atoms with van der Waals surface area (Å²) in [6, 6.07) is 5.27. The largest absolute Gasteiger partial charge is 0.508 e. The molecule has 1 atom stereocenters. The van der Waals surface area contributed by atoms with Crippen LogP contribution in [0.5, 0.6) is 5.75 Å². The van der Waals surface area contributed by atoms with Crippen LogP contribution in [0.2, 0.25) is 0 Å². The standard InChI is InChI=1S/C16H20N2O4/c17-16(22-10-13-9-20-5-6-21-13)8-15-14-2-1-12(19)7-11(14)3-4-18-15/h1-2,7-8,13,17-19H,3-6,9-10H2/b15-8-,17-16?. The highest BCUT2D eigenvalue weighted by atomic mass is 16.6. The van der Waals surface area contributed by atoms with Gasteiger partial charge in [-0.25, -0.2) is 0 Å². The van der Waals surface area contributed by atoms with E-state index in [1.165, 1.54) is 0 Å². The molecule has 6 heteroatoms. The average Bonchev–Trinajstić information content (AvgIpc) is 2.54. The van der Waals surface area contributed by atoms with Gasteiger partial charge >= 0.3 is 0 Å². The Kier molecular flexibility index (Phi) is 4.60. The molecule has 0 spiro atoms. The van der Waals surface area contributed by atoms with E-state index in [0.29, 0.717) is 26.4 Å². The van der Waals surface area contributed by atoms with Crippen molar-refractivity contribution in [2.45, 2.75) is 12.5 Å². The molecule has 2 aliphatic heterocycles. The molecule has 1 fully saturated rings. The first-order chi connectivity index (χ1) is 10.7. The Bertz CT molecular complexity index is 580. The summed E-state index contributed by atoms with van der Waals surface area (Å²) in [5.41, 5.74) is 2.91. The zero-order valence-corrected chi connectivity index (χ0v) is 12.3. The van der Waals surface area contributed by atoms with E-state index in [9.17, 15) is 5.11 Å². The van der Waals surface area contributed by atoms with Gasteiger partial charge in [0.05, 0.1) is 19.8 Å². The van der Waals surface area contributed by atoms with Crippen LogP contribution in [-0.4, -0.2) is 50.1 Å². The Balaban J connectivity index is 1.63. The number of nitrogens with one attached hydrogen (secondary N) is 2. The summed E-state index contributed by atoms with van der Waals surface area (Å²) in [5.74, 6) is 0.346. The summed E-state index contributed by atoms with van der Waals surface area (Å²) in [6.45, 7) is 2.77. The first-order valence-corrected chi connectivity index (χ1v) is 7.41. The van der Waals surface area contributed by atoms with Gasteiger partial charge in [0, 0.05) is 23.9 Å². The second-order valence-electron chi connectivity index (χ2n) is 5.32. The lowest BCUT2D eigenvalue weighted by Gasteiger charge is -2.23. The molecule has 118 valence electrons. The summed E-state index contributed by atoms with van der Waals surface area (Å²) in [4.78, 5) is 0. The van der Waals surface area contributed by atoms with Crippen molar-refractivity contribution >= 4 is 11.6 Å². The first-order valence-electron chi connectivity index (χ1n) is 7.41. The molecule has 0 aliphatic carbocycles. The van der Waals surface area contributed by atoms with Gasteiger partial charge in [-0.2, -0.15) is 0 Å². The monoisotopic (exact) mass is 304 g/mol. The molecule has 2 aliphatic rings. The lowest BCUT2D eigenvalue weighted by molar-refractivity contribution is -0.103. The van der Waals surface area contributed by atoms with Gasteiger partial charge < -0.3 is 24.6 Å². The van der Waals surface area contributed by atoms with E-state index < -0.39 is 0 Å². The third kappa shape index (κ3) is 3.58. The van der Waals surface area contributed by atoms with Crippen LogP contribution in [0.25, 0.3) is 5.70 Å². The van der Waals surface area contributed by atoms with Crippen LogP contribution >= 0.6 is 0 Å². The molecular formula is C16H20N2O4. The van der Waals surface area contributed by atoms with Gasteiger partial charge in [-0.15, -0.1) is 0 Å². The number of rotatable bonds is 3. The fraction of sp³-hybridized carbons (Fsp3) is 0.438. The van der Waals surface area contributed by atoms with Crippen molar-refractivity contribution in [3.63, 3.8) is 0 Å². The Labute approximate surface area is 129 Å². The average molecular weight is 304 g/mol. The van der Waals surface area contributed by atoms with Crippen molar-refractivity contribution < 1.29 is 19.3 Å². The van der Waals surface area contributed by atoms with Crippen molar-refractivity contribution in [1.29, 1.82) is 5.41 Å². The normalized spacial score (nSPS) is 22.7. The van der Waals surface area contributed by atoms with Gasteiger partial charge in [0.2, 0.25) is 5.90 Å². The molecule has 1 aromatic carbocycles. The van der Waals surface area contributed by atoms with E-state index in [-0.39, 0.29) is 17.8 Å². The van der Waals surface area contributed by atoms with E-state index in [4.69, 9.17) is 19.6 Å². The van der Waals surface area contributed by atoms with Crippen LogP contribution in [0.1, 0.15) is 11.1 Å². The quantitative estimate of drug-likeness (QED) is 0.579. The molecule has 0 radical (unpaired) electrons. The molecule has 0 bridgehead atoms. The number of phenolic OH excluding ortho intramolecular Hbond substituents is 1. The number of hydrogen-bond acceptors (Lipinski definition) is 6. The molecule has 22 heavy (non-hydrogen) atoms. The molecule has 1 aromatic rings. The smallest absolute Gasteiger partial charge is 0.207 e. The lowest BCUT2D eigenvalue weighted by atomic mass is 9.97. The summed E-state index contributed by atoms with van der Waals surface area (Å²) < 4.78 is 16.2. The zero-order chi connectivity index (χ0) is 15.4. The maximum Gasteiger partial charge on any atom is 0.207 e. The topological polar surface area (TPSA) is 83.8 Å². The number of benzene rings is 1. The molecule has 3 N–H and O–H groups in total. The Morgan fingerprint density at radius 2 is 2.36 bits per heavy atom. The zero-order valence-electron chi connectivity index (χ0n) is 12.3. The van der Waals surface area contributed by atoms with E-state index in [2.05, 4.69) is 5.32 Å². The third-order valence-electron chi connectivity index (χ3n) is 3.67. The number of hydrogen-bond donors (Lipinski definition) is 3. The highest BCUT2D eigenvalue weighted by Crippen LogP contribution is 2.25. The summed E-state index contributed by atoms with van der Waals surface area (Å²) in [5, 5.41) is 20.8. The second kappa shape index (κ2) is 6.81. The predicted molar refractivity (Wildman–Crippen MR) is 82.0 cm³/mol. The fourth-order valence-corrected chi connectivity index (χ4v) is 2.59. The first kappa shape index (κ1) is 14.9. The van der Waals surface area contributed by atoms with Gasteiger partial charge in [-0.05, 0) is 30.2 Å². The van der Waals surface area contributed by atoms with Crippen LogP contribution in [-0.2, 0) is 20.6 Å². The van der Waals surface area contributed by atoms with Crippen LogP contribution in [0.4, 0.5) is 0 Å². The van der Waals surface area contributed by atoms with E-state index in [1.54, 1.807) is 18.2 Å². The summed E-state index contributed by atoms with van der Waals surface area (Å²) in [6.07, 6.45) is 2.40. The van der Waals surface area contributed by atoms with Crippen LogP contribution in [0.15, 0.2) is 24.3 Å². The van der Waals surface area contributed by atoms with Crippen molar-refractivity contribution in [1.82, 2.24) is 5.32 Å². The van der Waals surface area contributed by atoms with Gasteiger partial charge in [-0.1, -0.05) is 0 Å². The molecular weight excluding hydrogens is 284 g/mol. The highest BCUT2D eigenvalue weighted by Gasteiger charge is 2.17. The van der Waals surface area contributed by atoms with Crippen LogP contribution in [0.3, 0.4) is 0 Å².